The van der Waals surface area contributed by atoms with Gasteiger partial charge < -0.3 is 10.1 Å². The van der Waals surface area contributed by atoms with Crippen molar-refractivity contribution in [3.63, 3.8) is 0 Å². The molecule has 0 amide bonds. The molecule has 0 aliphatic rings. The fourth-order valence-electron chi connectivity index (χ4n) is 1.96. The average molecular weight is 295 g/mol. The lowest BCUT2D eigenvalue weighted by atomic mass is 10.1. The summed E-state index contributed by atoms with van der Waals surface area (Å²) in [7, 11) is 1.40. The van der Waals surface area contributed by atoms with Gasteiger partial charge in [0.2, 0.25) is 0 Å². The normalized spacial score (nSPS) is 10.5. The molecule has 4 heteroatoms. The molecule has 0 saturated carbocycles. The van der Waals surface area contributed by atoms with E-state index in [4.69, 9.17) is 0 Å². The van der Waals surface area contributed by atoms with Gasteiger partial charge in [-0.2, -0.15) is 11.8 Å². The molecule has 0 spiro atoms. The van der Waals surface area contributed by atoms with Crippen molar-refractivity contribution in [1.82, 2.24) is 5.32 Å². The number of nitrogens with one attached hydrogen (secondary N) is 1. The smallest absolute Gasteiger partial charge is 0.337 e. The molecule has 20 heavy (non-hydrogen) atoms. The van der Waals surface area contributed by atoms with Gasteiger partial charge >= 0.3 is 5.97 Å². The zero-order valence-corrected chi connectivity index (χ0v) is 13.3. The Morgan fingerprint density at radius 2 is 1.85 bits per heavy atom. The predicted octanol–water partition coefficient (Wildman–Crippen LogP) is 3.49. The van der Waals surface area contributed by atoms with E-state index in [0.29, 0.717) is 5.56 Å². The number of esters is 1. The van der Waals surface area contributed by atoms with E-state index in [-0.39, 0.29) is 5.97 Å². The minimum Gasteiger partial charge on any atom is -0.465 e. The summed E-state index contributed by atoms with van der Waals surface area (Å²) in [4.78, 5) is 11.3. The molecular weight excluding hydrogens is 270 g/mol. The summed E-state index contributed by atoms with van der Waals surface area (Å²) >= 11 is 1.92. The number of methoxy groups -OCH3 is 1. The summed E-state index contributed by atoms with van der Waals surface area (Å²) in [6, 6.07) is 7.56. The van der Waals surface area contributed by atoms with Gasteiger partial charge in [0.25, 0.3) is 0 Å². The quantitative estimate of drug-likeness (QED) is 0.530. The van der Waals surface area contributed by atoms with E-state index in [1.807, 2.05) is 36.0 Å². The van der Waals surface area contributed by atoms with Crippen molar-refractivity contribution in [2.45, 2.75) is 32.2 Å². The highest BCUT2D eigenvalue weighted by atomic mass is 32.2. The Balaban J connectivity index is 2.11. The second-order valence-corrected chi connectivity index (χ2v) is 5.76. The van der Waals surface area contributed by atoms with Crippen LogP contribution in [-0.2, 0) is 11.3 Å². The fraction of sp³-hybridized carbons (Fsp3) is 0.562. The van der Waals surface area contributed by atoms with Crippen molar-refractivity contribution in [2.24, 2.45) is 0 Å². The molecule has 1 N–H and O–H groups in total. The van der Waals surface area contributed by atoms with Crippen LogP contribution in [0.4, 0.5) is 0 Å². The Morgan fingerprint density at radius 1 is 1.15 bits per heavy atom. The molecule has 0 aliphatic carbocycles. The van der Waals surface area contributed by atoms with Crippen LogP contribution in [0, 0.1) is 0 Å². The minimum atomic E-state index is -0.283. The summed E-state index contributed by atoms with van der Waals surface area (Å²) in [5.74, 6) is 0.995. The van der Waals surface area contributed by atoms with Gasteiger partial charge in [-0.25, -0.2) is 4.79 Å². The van der Waals surface area contributed by atoms with Crippen LogP contribution in [0.15, 0.2) is 24.3 Å². The van der Waals surface area contributed by atoms with Crippen LogP contribution in [0.5, 0.6) is 0 Å². The molecule has 0 atom stereocenters. The predicted molar refractivity (Wildman–Crippen MR) is 86.3 cm³/mol. The number of rotatable bonds is 10. The van der Waals surface area contributed by atoms with E-state index in [9.17, 15) is 4.79 Å². The summed E-state index contributed by atoms with van der Waals surface area (Å²) < 4.78 is 4.67. The van der Waals surface area contributed by atoms with Crippen LogP contribution in [0.25, 0.3) is 0 Å². The average Bonchev–Trinajstić information content (AvgIpc) is 2.50. The molecule has 112 valence electrons. The molecule has 1 aromatic rings. The lowest BCUT2D eigenvalue weighted by Crippen LogP contribution is -2.14. The number of ether oxygens (including phenoxy) is 1. The molecule has 0 aromatic heterocycles. The second kappa shape index (κ2) is 10.7. The van der Waals surface area contributed by atoms with Gasteiger partial charge in [-0.3, -0.25) is 0 Å². The zero-order valence-electron chi connectivity index (χ0n) is 12.5. The van der Waals surface area contributed by atoms with E-state index >= 15 is 0 Å². The number of hydrogen-bond acceptors (Lipinski definition) is 4. The molecule has 0 aliphatic heterocycles. The third-order valence-electron chi connectivity index (χ3n) is 3.16. The van der Waals surface area contributed by atoms with Crippen molar-refractivity contribution in [3.8, 4) is 0 Å². The Morgan fingerprint density at radius 3 is 2.50 bits per heavy atom. The molecule has 0 saturated heterocycles. The van der Waals surface area contributed by atoms with Gasteiger partial charge in [-0.1, -0.05) is 25.0 Å². The first-order chi connectivity index (χ1) is 9.77. The Kier molecular flexibility index (Phi) is 9.16. The number of benzene rings is 1. The van der Waals surface area contributed by atoms with Crippen LogP contribution in [0.2, 0.25) is 0 Å². The monoisotopic (exact) mass is 295 g/mol. The summed E-state index contributed by atoms with van der Waals surface area (Å²) in [5.41, 5.74) is 1.80. The maximum absolute atomic E-state index is 11.3. The minimum absolute atomic E-state index is 0.283. The first kappa shape index (κ1) is 17.1. The summed E-state index contributed by atoms with van der Waals surface area (Å²) in [5, 5.41) is 3.43. The van der Waals surface area contributed by atoms with E-state index in [2.05, 4.69) is 16.3 Å². The number of thioether (sulfide) groups is 1. The van der Waals surface area contributed by atoms with Crippen molar-refractivity contribution < 1.29 is 9.53 Å². The third-order valence-corrected chi connectivity index (χ3v) is 3.85. The Bertz CT molecular complexity index is 379. The highest BCUT2D eigenvalue weighted by molar-refractivity contribution is 7.98. The largest absolute Gasteiger partial charge is 0.465 e. The molecule has 1 aromatic carbocycles. The maximum Gasteiger partial charge on any atom is 0.337 e. The molecule has 0 radical (unpaired) electrons. The molecule has 0 unspecified atom stereocenters. The maximum atomic E-state index is 11.3. The van der Waals surface area contributed by atoms with Crippen molar-refractivity contribution in [2.75, 3.05) is 25.7 Å². The first-order valence-corrected chi connectivity index (χ1v) is 8.54. The Hall–Kier alpha value is -1.00. The van der Waals surface area contributed by atoms with Gasteiger partial charge in [-0.05, 0) is 49.1 Å². The van der Waals surface area contributed by atoms with Crippen LogP contribution in [0.1, 0.15) is 41.6 Å². The second-order valence-electron chi connectivity index (χ2n) is 4.77. The van der Waals surface area contributed by atoms with Crippen molar-refractivity contribution >= 4 is 17.7 Å². The molecule has 0 heterocycles. The molecular formula is C16H25NO2S. The molecule has 1 rings (SSSR count). The lowest BCUT2D eigenvalue weighted by molar-refractivity contribution is 0.0600. The SMILES string of the molecule is COC(=O)c1ccc(CNCCCCCCSC)cc1. The van der Waals surface area contributed by atoms with Gasteiger partial charge in [0.1, 0.15) is 0 Å². The van der Waals surface area contributed by atoms with Crippen LogP contribution in [0.3, 0.4) is 0 Å². The molecule has 0 fully saturated rings. The standard InChI is InChI=1S/C16H25NO2S/c1-19-16(18)15-9-7-14(8-10-15)13-17-11-5-3-4-6-12-20-2/h7-10,17H,3-6,11-13H2,1-2H3. The number of carbonyl (C=O) groups is 1. The van der Waals surface area contributed by atoms with Gasteiger partial charge in [-0.15, -0.1) is 0 Å². The third kappa shape index (κ3) is 6.96. The zero-order chi connectivity index (χ0) is 14.6. The highest BCUT2D eigenvalue weighted by Crippen LogP contribution is 2.06. The van der Waals surface area contributed by atoms with E-state index < -0.39 is 0 Å². The topological polar surface area (TPSA) is 38.3 Å². The molecule has 0 bridgehead atoms. The van der Waals surface area contributed by atoms with Gasteiger partial charge in [0, 0.05) is 6.54 Å². The number of hydrogen-bond donors (Lipinski definition) is 1. The fourth-order valence-corrected chi connectivity index (χ4v) is 2.45. The highest BCUT2D eigenvalue weighted by Gasteiger charge is 2.03. The van der Waals surface area contributed by atoms with E-state index in [0.717, 1.165) is 13.1 Å². The van der Waals surface area contributed by atoms with E-state index in [1.165, 1.54) is 44.1 Å². The number of unbranched alkanes of at least 4 members (excludes halogenated alkanes) is 3. The van der Waals surface area contributed by atoms with E-state index in [1.54, 1.807) is 0 Å². The van der Waals surface area contributed by atoms with Crippen molar-refractivity contribution in [3.05, 3.63) is 35.4 Å². The first-order valence-electron chi connectivity index (χ1n) is 7.15. The van der Waals surface area contributed by atoms with Crippen LogP contribution >= 0.6 is 11.8 Å². The molecule has 3 nitrogen and oxygen atoms in total. The van der Waals surface area contributed by atoms with Crippen LogP contribution < -0.4 is 5.32 Å². The van der Waals surface area contributed by atoms with Crippen LogP contribution in [-0.4, -0.2) is 31.6 Å². The number of carbonyl (C=O) groups excluding carboxylic acids is 1. The van der Waals surface area contributed by atoms with Gasteiger partial charge in [0.15, 0.2) is 0 Å². The Labute approximate surface area is 126 Å². The summed E-state index contributed by atoms with van der Waals surface area (Å²) in [6.45, 7) is 1.91. The van der Waals surface area contributed by atoms with Crippen molar-refractivity contribution in [1.29, 1.82) is 0 Å². The summed E-state index contributed by atoms with van der Waals surface area (Å²) in [6.07, 6.45) is 7.35. The van der Waals surface area contributed by atoms with Gasteiger partial charge in [0.05, 0.1) is 12.7 Å². The lowest BCUT2D eigenvalue weighted by Gasteiger charge is -2.06.